The number of piperidine rings is 1. The van der Waals surface area contributed by atoms with Crippen molar-refractivity contribution >= 4 is 6.09 Å². The maximum atomic E-state index is 11.8. The molecule has 1 aliphatic rings. The van der Waals surface area contributed by atoms with E-state index in [-0.39, 0.29) is 33.1 Å². The molecular formula is C13H25NO4Pd. The monoisotopic (exact) mass is 365 g/mol. The second-order valence-corrected chi connectivity index (χ2v) is 6.02. The van der Waals surface area contributed by atoms with Crippen LogP contribution < -0.4 is 0 Å². The molecule has 0 atom stereocenters. The first-order chi connectivity index (χ1) is 8.26. The minimum Gasteiger partial charge on any atom is -0.444 e. The molecule has 1 fully saturated rings. The Hall–Kier alpha value is -0.148. The number of aliphatic hydroxyl groups is 2. The van der Waals surface area contributed by atoms with E-state index in [1.165, 1.54) is 0 Å². The Morgan fingerprint density at radius 2 is 1.84 bits per heavy atom. The molecule has 19 heavy (non-hydrogen) atoms. The minimum absolute atomic E-state index is 0. The molecule has 0 aromatic rings. The molecule has 0 spiro atoms. The van der Waals surface area contributed by atoms with E-state index in [1.807, 2.05) is 20.8 Å². The fourth-order valence-electron chi connectivity index (χ4n) is 2.09. The zero-order valence-electron chi connectivity index (χ0n) is 11.9. The van der Waals surface area contributed by atoms with Crippen molar-refractivity contribution < 1.29 is 40.2 Å². The first-order valence-corrected chi connectivity index (χ1v) is 6.57. The summed E-state index contributed by atoms with van der Waals surface area (Å²) in [5.74, 6) is 0. The third-order valence-corrected chi connectivity index (χ3v) is 3.15. The van der Waals surface area contributed by atoms with Gasteiger partial charge in [-0.05, 0) is 46.5 Å². The van der Waals surface area contributed by atoms with Crippen molar-refractivity contribution in [2.24, 2.45) is 0 Å². The summed E-state index contributed by atoms with van der Waals surface area (Å²) in [5.41, 5.74) is -1.22. The van der Waals surface area contributed by atoms with Gasteiger partial charge in [-0.15, -0.1) is 0 Å². The van der Waals surface area contributed by atoms with Gasteiger partial charge in [0.1, 0.15) is 5.60 Å². The summed E-state index contributed by atoms with van der Waals surface area (Å²) >= 11 is 0. The molecule has 0 aromatic carbocycles. The van der Waals surface area contributed by atoms with Crippen LogP contribution in [0, 0.1) is 0 Å². The summed E-state index contributed by atoms with van der Waals surface area (Å²) in [6.07, 6.45) is 1.97. The second-order valence-electron chi connectivity index (χ2n) is 6.02. The standard InChI is InChI=1S/C13H25NO4.Pd/c1-12(2,3)18-11(16)14-8-6-13(17,7-9-14)5-4-10-15;/h15,17H,4-10H2,1-3H3;. The zero-order chi connectivity index (χ0) is 13.8. The van der Waals surface area contributed by atoms with Gasteiger partial charge in [0, 0.05) is 40.1 Å². The van der Waals surface area contributed by atoms with Crippen LogP contribution in [-0.4, -0.2) is 52.1 Å². The third-order valence-electron chi connectivity index (χ3n) is 3.15. The number of hydrogen-bond donors (Lipinski definition) is 2. The van der Waals surface area contributed by atoms with Gasteiger partial charge in [0.2, 0.25) is 0 Å². The first kappa shape index (κ1) is 18.9. The van der Waals surface area contributed by atoms with E-state index >= 15 is 0 Å². The average molecular weight is 366 g/mol. The molecule has 0 unspecified atom stereocenters. The minimum atomic E-state index is -0.735. The van der Waals surface area contributed by atoms with Crippen molar-refractivity contribution in [3.8, 4) is 0 Å². The van der Waals surface area contributed by atoms with E-state index in [4.69, 9.17) is 9.84 Å². The Morgan fingerprint density at radius 3 is 2.26 bits per heavy atom. The molecule has 1 rings (SSSR count). The Kier molecular flexibility index (Phi) is 7.53. The molecule has 1 aliphatic heterocycles. The van der Waals surface area contributed by atoms with E-state index in [1.54, 1.807) is 4.90 Å². The number of carbonyl (C=O) groups is 1. The molecule has 2 N–H and O–H groups in total. The summed E-state index contributed by atoms with van der Waals surface area (Å²) in [6, 6.07) is 0. The molecule has 6 heteroatoms. The number of likely N-dealkylation sites (tertiary alicyclic amines) is 1. The van der Waals surface area contributed by atoms with Crippen molar-refractivity contribution in [1.29, 1.82) is 0 Å². The Balaban J connectivity index is 0.00000324. The molecule has 0 saturated carbocycles. The second kappa shape index (κ2) is 7.59. The number of rotatable bonds is 3. The fraction of sp³-hybridized carbons (Fsp3) is 0.923. The van der Waals surface area contributed by atoms with Crippen LogP contribution in [0.4, 0.5) is 4.79 Å². The third kappa shape index (κ3) is 6.71. The molecule has 0 bridgehead atoms. The Labute approximate surface area is 129 Å². The molecule has 1 saturated heterocycles. The van der Waals surface area contributed by atoms with Crippen LogP contribution in [0.2, 0.25) is 0 Å². The number of ether oxygens (including phenoxy) is 1. The van der Waals surface area contributed by atoms with Crippen LogP contribution in [-0.2, 0) is 25.2 Å². The summed E-state index contributed by atoms with van der Waals surface area (Å²) < 4.78 is 5.29. The van der Waals surface area contributed by atoms with Gasteiger partial charge in [-0.2, -0.15) is 0 Å². The van der Waals surface area contributed by atoms with Gasteiger partial charge in [-0.1, -0.05) is 0 Å². The number of carbonyl (C=O) groups excluding carboxylic acids is 1. The number of nitrogens with zero attached hydrogens (tertiary/aromatic N) is 1. The van der Waals surface area contributed by atoms with Crippen LogP contribution in [0.3, 0.4) is 0 Å². The molecule has 0 aliphatic carbocycles. The van der Waals surface area contributed by atoms with Gasteiger partial charge in [0.25, 0.3) is 0 Å². The molecule has 0 aromatic heterocycles. The van der Waals surface area contributed by atoms with Gasteiger partial charge in [0.05, 0.1) is 5.60 Å². The first-order valence-electron chi connectivity index (χ1n) is 6.57. The number of aliphatic hydroxyl groups excluding tert-OH is 1. The predicted octanol–water partition coefficient (Wildman–Crippen LogP) is 1.52. The van der Waals surface area contributed by atoms with E-state index in [0.717, 1.165) is 0 Å². The van der Waals surface area contributed by atoms with E-state index in [0.29, 0.717) is 38.8 Å². The Bertz CT molecular complexity index is 283. The van der Waals surface area contributed by atoms with Crippen LogP contribution in [0.15, 0.2) is 0 Å². The molecule has 1 heterocycles. The number of amides is 1. The predicted molar refractivity (Wildman–Crippen MR) is 68.3 cm³/mol. The van der Waals surface area contributed by atoms with Crippen LogP contribution in [0.5, 0.6) is 0 Å². The molecular weight excluding hydrogens is 341 g/mol. The maximum absolute atomic E-state index is 11.8. The van der Waals surface area contributed by atoms with Gasteiger partial charge < -0.3 is 19.8 Å². The van der Waals surface area contributed by atoms with Crippen molar-refractivity contribution in [3.63, 3.8) is 0 Å². The van der Waals surface area contributed by atoms with Gasteiger partial charge in [0.15, 0.2) is 0 Å². The summed E-state index contributed by atoms with van der Waals surface area (Å²) in [7, 11) is 0. The normalized spacial score (nSPS) is 18.7. The Morgan fingerprint density at radius 1 is 1.32 bits per heavy atom. The topological polar surface area (TPSA) is 70.0 Å². The van der Waals surface area contributed by atoms with E-state index < -0.39 is 11.2 Å². The summed E-state index contributed by atoms with van der Waals surface area (Å²) in [4.78, 5) is 13.5. The van der Waals surface area contributed by atoms with Gasteiger partial charge in [-0.25, -0.2) is 4.79 Å². The van der Waals surface area contributed by atoms with Crippen LogP contribution in [0.25, 0.3) is 0 Å². The average Bonchev–Trinajstić information content (AvgIpc) is 2.25. The quantitative estimate of drug-likeness (QED) is 0.744. The van der Waals surface area contributed by atoms with Gasteiger partial charge in [-0.3, -0.25) is 0 Å². The van der Waals surface area contributed by atoms with Crippen molar-refractivity contribution in [1.82, 2.24) is 4.90 Å². The van der Waals surface area contributed by atoms with Crippen molar-refractivity contribution in [2.75, 3.05) is 19.7 Å². The van der Waals surface area contributed by atoms with Crippen LogP contribution in [0.1, 0.15) is 46.5 Å². The molecule has 116 valence electrons. The van der Waals surface area contributed by atoms with E-state index in [2.05, 4.69) is 0 Å². The SMILES string of the molecule is CC(C)(C)OC(=O)N1CCC(O)(CCCO)CC1.[Pd]. The van der Waals surface area contributed by atoms with Crippen molar-refractivity contribution in [3.05, 3.63) is 0 Å². The van der Waals surface area contributed by atoms with E-state index in [9.17, 15) is 9.90 Å². The summed E-state index contributed by atoms with van der Waals surface area (Å²) in [5, 5.41) is 19.0. The smallest absolute Gasteiger partial charge is 0.410 e. The molecule has 1 amide bonds. The summed E-state index contributed by atoms with van der Waals surface area (Å²) in [6.45, 7) is 6.64. The van der Waals surface area contributed by atoms with Crippen molar-refractivity contribution in [2.45, 2.75) is 57.7 Å². The largest absolute Gasteiger partial charge is 0.444 e. The maximum Gasteiger partial charge on any atom is 0.410 e. The molecule has 0 radical (unpaired) electrons. The molecule has 5 nitrogen and oxygen atoms in total. The van der Waals surface area contributed by atoms with Gasteiger partial charge >= 0.3 is 6.09 Å². The fourth-order valence-corrected chi connectivity index (χ4v) is 2.09. The zero-order valence-corrected chi connectivity index (χ0v) is 13.5. The number of hydrogen-bond acceptors (Lipinski definition) is 4. The van der Waals surface area contributed by atoms with Crippen LogP contribution >= 0.6 is 0 Å².